The van der Waals surface area contributed by atoms with Crippen LogP contribution >= 0.6 is 11.3 Å². The Morgan fingerprint density at radius 1 is 1.31 bits per heavy atom. The van der Waals surface area contributed by atoms with Crippen LogP contribution in [0, 0.1) is 23.7 Å². The van der Waals surface area contributed by atoms with Crippen molar-refractivity contribution >= 4 is 22.9 Å². The van der Waals surface area contributed by atoms with Crippen molar-refractivity contribution in [2.24, 2.45) is 11.8 Å². The lowest BCUT2D eigenvalue weighted by atomic mass is 9.78. The number of rotatable bonds is 6. The average molecular weight is 414 g/mol. The molecule has 1 aliphatic carbocycles. The fraction of sp³-hybridized carbons (Fsp3) is 0.640. The van der Waals surface area contributed by atoms with Crippen molar-refractivity contribution in [1.82, 2.24) is 4.90 Å². The van der Waals surface area contributed by atoms with Gasteiger partial charge in [0.1, 0.15) is 4.88 Å². The molecule has 0 bridgehead atoms. The van der Waals surface area contributed by atoms with Crippen LogP contribution in [-0.2, 0) is 0 Å². The Hall–Kier alpha value is -1.57. The Balaban J connectivity index is 2.00. The molecule has 1 unspecified atom stereocenters. The molecule has 3 nitrogen and oxygen atoms in total. The first kappa shape index (κ1) is 22.1. The molecule has 0 amide bonds. The lowest BCUT2D eigenvalue weighted by Gasteiger charge is -2.35. The van der Waals surface area contributed by atoms with Gasteiger partial charge in [-0.1, -0.05) is 58.3 Å². The van der Waals surface area contributed by atoms with E-state index in [4.69, 9.17) is 0 Å². The summed E-state index contributed by atoms with van der Waals surface area (Å²) in [5.41, 5.74) is 3.77. The molecule has 2 aliphatic rings. The van der Waals surface area contributed by atoms with E-state index in [0.717, 1.165) is 49.3 Å². The van der Waals surface area contributed by atoms with Gasteiger partial charge >= 0.3 is 5.97 Å². The number of likely N-dealkylation sites (N-methyl/N-ethyl adjacent to an activating group) is 1. The third-order valence-electron chi connectivity index (χ3n) is 6.42. The smallest absolute Gasteiger partial charge is 0.346 e. The number of carboxylic acids is 1. The minimum atomic E-state index is -0.812. The second-order valence-corrected chi connectivity index (χ2v) is 9.63. The average Bonchev–Trinajstić information content (AvgIpc) is 3.17. The van der Waals surface area contributed by atoms with Gasteiger partial charge in [-0.25, -0.2) is 4.79 Å². The van der Waals surface area contributed by atoms with Crippen molar-refractivity contribution in [1.29, 1.82) is 0 Å². The predicted octanol–water partition coefficient (Wildman–Crippen LogP) is 6.29. The maximum Gasteiger partial charge on any atom is 0.346 e. The summed E-state index contributed by atoms with van der Waals surface area (Å²) >= 11 is 1.36. The first-order chi connectivity index (χ1) is 14.0. The van der Waals surface area contributed by atoms with Crippen LogP contribution in [0.15, 0.2) is 11.6 Å². The van der Waals surface area contributed by atoms with Crippen molar-refractivity contribution in [3.05, 3.63) is 27.0 Å². The molecule has 4 heteroatoms. The van der Waals surface area contributed by atoms with Crippen LogP contribution in [0.1, 0.15) is 92.3 Å². The molecule has 1 aliphatic heterocycles. The number of thiophene rings is 1. The number of hydrogen-bond acceptors (Lipinski definition) is 3. The van der Waals surface area contributed by atoms with Gasteiger partial charge in [-0.05, 0) is 55.4 Å². The quantitative estimate of drug-likeness (QED) is 0.557. The fourth-order valence-corrected chi connectivity index (χ4v) is 5.67. The van der Waals surface area contributed by atoms with Crippen LogP contribution in [0.2, 0.25) is 0 Å². The van der Waals surface area contributed by atoms with E-state index in [-0.39, 0.29) is 0 Å². The Morgan fingerprint density at radius 3 is 2.72 bits per heavy atom. The van der Waals surface area contributed by atoms with Gasteiger partial charge in [-0.15, -0.1) is 11.3 Å². The topological polar surface area (TPSA) is 40.5 Å². The summed E-state index contributed by atoms with van der Waals surface area (Å²) < 4.78 is 0. The predicted molar refractivity (Wildman–Crippen MR) is 122 cm³/mol. The minimum Gasteiger partial charge on any atom is -0.477 e. The normalized spacial score (nSPS) is 19.7. The summed E-state index contributed by atoms with van der Waals surface area (Å²) in [6.45, 7) is 9.62. The SMILES string of the molecule is CCCC(C)C#Cc1cc(C2=C(C3CCCCC3)CN(CC)CC2)c(C(=O)O)s1. The largest absolute Gasteiger partial charge is 0.477 e. The van der Waals surface area contributed by atoms with Gasteiger partial charge < -0.3 is 5.11 Å². The summed E-state index contributed by atoms with van der Waals surface area (Å²) in [5.74, 6) is 6.74. The van der Waals surface area contributed by atoms with Gasteiger partial charge in [0.15, 0.2) is 0 Å². The number of nitrogens with zero attached hydrogens (tertiary/aromatic N) is 1. The lowest BCUT2D eigenvalue weighted by molar-refractivity contribution is 0.0702. The number of hydrogen-bond donors (Lipinski definition) is 1. The first-order valence-electron chi connectivity index (χ1n) is 11.4. The van der Waals surface area contributed by atoms with Crippen molar-refractivity contribution in [3.63, 3.8) is 0 Å². The van der Waals surface area contributed by atoms with E-state index in [9.17, 15) is 9.90 Å². The zero-order valence-corrected chi connectivity index (χ0v) is 19.0. The van der Waals surface area contributed by atoms with Gasteiger partial charge in [0, 0.05) is 24.6 Å². The highest BCUT2D eigenvalue weighted by molar-refractivity contribution is 7.14. The Kier molecular flexibility index (Phi) is 7.98. The molecule has 0 saturated heterocycles. The molecule has 0 aromatic carbocycles. The Labute approximate surface area is 180 Å². The minimum absolute atomic E-state index is 0.351. The molecule has 2 heterocycles. The van der Waals surface area contributed by atoms with Crippen LogP contribution in [0.25, 0.3) is 5.57 Å². The highest BCUT2D eigenvalue weighted by atomic mass is 32.1. The van der Waals surface area contributed by atoms with E-state index in [2.05, 4.69) is 43.6 Å². The summed E-state index contributed by atoms with van der Waals surface area (Å²) in [6, 6.07) is 2.07. The molecule has 158 valence electrons. The zero-order chi connectivity index (χ0) is 20.8. The number of aromatic carboxylic acids is 1. The molecule has 1 aromatic rings. The van der Waals surface area contributed by atoms with Gasteiger partial charge in [0.25, 0.3) is 0 Å². The van der Waals surface area contributed by atoms with Gasteiger partial charge in [-0.3, -0.25) is 4.90 Å². The standard InChI is InChI=1S/C25H35NO2S/c1-4-9-18(3)12-13-20-16-22(24(29-20)25(27)28)21-14-15-26(5-2)17-23(21)19-10-7-6-8-11-19/h16,18-19H,4-11,14-15,17H2,1-3H3,(H,27,28). The highest BCUT2D eigenvalue weighted by Crippen LogP contribution is 2.40. The fourth-order valence-electron chi connectivity index (χ4n) is 4.79. The van der Waals surface area contributed by atoms with Crippen LogP contribution in [-0.4, -0.2) is 35.6 Å². The Morgan fingerprint density at radius 2 is 2.07 bits per heavy atom. The van der Waals surface area contributed by atoms with E-state index >= 15 is 0 Å². The van der Waals surface area contributed by atoms with Gasteiger partial charge in [-0.2, -0.15) is 0 Å². The van der Waals surface area contributed by atoms with Crippen molar-refractivity contribution in [3.8, 4) is 11.8 Å². The molecule has 29 heavy (non-hydrogen) atoms. The first-order valence-corrected chi connectivity index (χ1v) is 12.2. The molecule has 1 fully saturated rings. The third kappa shape index (κ3) is 5.53. The second-order valence-electron chi connectivity index (χ2n) is 8.58. The molecule has 0 radical (unpaired) electrons. The summed E-state index contributed by atoms with van der Waals surface area (Å²) in [4.78, 5) is 15.9. The third-order valence-corrected chi connectivity index (χ3v) is 7.46. The Bertz CT molecular complexity index is 805. The van der Waals surface area contributed by atoms with E-state index in [0.29, 0.717) is 16.7 Å². The van der Waals surface area contributed by atoms with Crippen LogP contribution in [0.4, 0.5) is 0 Å². The highest BCUT2D eigenvalue weighted by Gasteiger charge is 2.29. The van der Waals surface area contributed by atoms with Crippen molar-refractivity contribution < 1.29 is 9.90 Å². The maximum atomic E-state index is 12.1. The van der Waals surface area contributed by atoms with E-state index in [1.54, 1.807) is 0 Å². The van der Waals surface area contributed by atoms with Crippen LogP contribution in [0.3, 0.4) is 0 Å². The summed E-state index contributed by atoms with van der Waals surface area (Å²) in [7, 11) is 0. The van der Waals surface area contributed by atoms with Crippen molar-refractivity contribution in [2.75, 3.05) is 19.6 Å². The molecular weight excluding hydrogens is 378 g/mol. The maximum absolute atomic E-state index is 12.1. The summed E-state index contributed by atoms with van der Waals surface area (Å²) in [6.07, 6.45) is 9.61. The lowest BCUT2D eigenvalue weighted by Crippen LogP contribution is -2.34. The number of carbonyl (C=O) groups is 1. The molecule has 3 rings (SSSR count). The monoisotopic (exact) mass is 413 g/mol. The molecule has 1 N–H and O–H groups in total. The van der Waals surface area contributed by atoms with Crippen molar-refractivity contribution in [2.45, 2.75) is 72.1 Å². The van der Waals surface area contributed by atoms with Crippen LogP contribution in [0.5, 0.6) is 0 Å². The van der Waals surface area contributed by atoms with E-state index in [1.165, 1.54) is 54.6 Å². The molecular formula is C25H35NO2S. The second kappa shape index (κ2) is 10.5. The van der Waals surface area contributed by atoms with Gasteiger partial charge in [0.05, 0.1) is 4.88 Å². The zero-order valence-electron chi connectivity index (χ0n) is 18.2. The molecule has 1 atom stereocenters. The molecule has 0 spiro atoms. The van der Waals surface area contributed by atoms with E-state index < -0.39 is 5.97 Å². The molecule has 1 saturated carbocycles. The summed E-state index contributed by atoms with van der Waals surface area (Å²) in [5, 5.41) is 9.90. The number of carboxylic acid groups (broad SMARTS) is 1. The van der Waals surface area contributed by atoms with Gasteiger partial charge in [0.2, 0.25) is 0 Å². The molecule has 1 aromatic heterocycles. The van der Waals surface area contributed by atoms with Crippen LogP contribution < -0.4 is 0 Å². The van der Waals surface area contributed by atoms with E-state index in [1.807, 2.05) is 0 Å².